The van der Waals surface area contributed by atoms with Crippen molar-refractivity contribution < 1.29 is 4.52 Å². The summed E-state index contributed by atoms with van der Waals surface area (Å²) in [4.78, 5) is 3.38. The smallest absolute Gasteiger partial charge is 0.188 e. The van der Waals surface area contributed by atoms with Gasteiger partial charge < -0.3 is 9.51 Å². The zero-order chi connectivity index (χ0) is 11.9. The van der Waals surface area contributed by atoms with Crippen molar-refractivity contribution in [1.29, 1.82) is 0 Å². The lowest BCUT2D eigenvalue weighted by Crippen LogP contribution is -1.79. The molecular formula is C14H9N3O. The Labute approximate surface area is 102 Å². The van der Waals surface area contributed by atoms with Gasteiger partial charge in [0, 0.05) is 27.4 Å². The third-order valence-electron chi connectivity index (χ3n) is 3.10. The molecule has 0 unspecified atom stereocenters. The number of fused-ring (bicyclic) bond motifs is 2. The van der Waals surface area contributed by atoms with E-state index in [-0.39, 0.29) is 0 Å². The van der Waals surface area contributed by atoms with Gasteiger partial charge >= 0.3 is 0 Å². The third kappa shape index (κ3) is 1.26. The Balaban J connectivity index is 2.04. The van der Waals surface area contributed by atoms with Crippen LogP contribution in [0.5, 0.6) is 0 Å². The maximum Gasteiger partial charge on any atom is 0.188 e. The summed E-state index contributed by atoms with van der Waals surface area (Å²) in [5.74, 6) is 0. The Morgan fingerprint density at radius 2 is 1.94 bits per heavy atom. The van der Waals surface area contributed by atoms with Gasteiger partial charge in [0.25, 0.3) is 0 Å². The molecule has 0 aliphatic heterocycles. The van der Waals surface area contributed by atoms with Crippen molar-refractivity contribution >= 4 is 22.0 Å². The number of hydrogen-bond acceptors (Lipinski definition) is 3. The van der Waals surface area contributed by atoms with Crippen LogP contribution in [-0.2, 0) is 0 Å². The van der Waals surface area contributed by atoms with Crippen LogP contribution in [0.25, 0.3) is 33.3 Å². The number of aromatic nitrogens is 3. The normalized spacial score (nSPS) is 11.3. The standard InChI is InChI=1S/C14H9N3O/c1-2-6-11-9(4-1)8-12(15-11)10-5-3-7-13-14(10)16-17-18-13/h1-8,15H. The van der Waals surface area contributed by atoms with Gasteiger partial charge in [-0.15, -0.1) is 5.10 Å². The van der Waals surface area contributed by atoms with Crippen LogP contribution in [0, 0.1) is 0 Å². The molecule has 2 heterocycles. The van der Waals surface area contributed by atoms with E-state index in [1.807, 2.05) is 30.3 Å². The highest BCUT2D eigenvalue weighted by molar-refractivity contribution is 5.94. The first kappa shape index (κ1) is 9.41. The summed E-state index contributed by atoms with van der Waals surface area (Å²) < 4.78 is 5.08. The molecule has 4 aromatic rings. The molecule has 0 atom stereocenters. The Bertz CT molecular complexity index is 811. The summed E-state index contributed by atoms with van der Waals surface area (Å²) in [6.07, 6.45) is 0. The summed E-state index contributed by atoms with van der Waals surface area (Å²) in [7, 11) is 0. The van der Waals surface area contributed by atoms with Gasteiger partial charge in [-0.25, -0.2) is 0 Å². The second-order valence-electron chi connectivity index (χ2n) is 4.20. The largest absolute Gasteiger partial charge is 0.354 e. The fourth-order valence-electron chi connectivity index (χ4n) is 2.24. The van der Waals surface area contributed by atoms with Crippen molar-refractivity contribution in [2.45, 2.75) is 0 Å². The quantitative estimate of drug-likeness (QED) is 0.550. The lowest BCUT2D eigenvalue weighted by Gasteiger charge is -1.96. The highest BCUT2D eigenvalue weighted by atomic mass is 16.5. The predicted molar refractivity (Wildman–Crippen MR) is 69.1 cm³/mol. The SMILES string of the molecule is c1ccc2[nH]c(-c3cccc4onnc34)cc2c1. The van der Waals surface area contributed by atoms with Crippen molar-refractivity contribution in [3.05, 3.63) is 48.5 Å². The van der Waals surface area contributed by atoms with Crippen molar-refractivity contribution in [1.82, 2.24) is 15.4 Å². The molecule has 0 fully saturated rings. The topological polar surface area (TPSA) is 54.7 Å². The number of hydrogen-bond donors (Lipinski definition) is 1. The summed E-state index contributed by atoms with van der Waals surface area (Å²) in [5, 5.41) is 8.81. The van der Waals surface area contributed by atoms with Crippen LogP contribution >= 0.6 is 0 Å². The molecule has 0 aliphatic rings. The monoisotopic (exact) mass is 235 g/mol. The molecule has 2 aromatic carbocycles. The maximum absolute atomic E-state index is 5.08. The molecule has 18 heavy (non-hydrogen) atoms. The van der Waals surface area contributed by atoms with E-state index < -0.39 is 0 Å². The number of nitrogens with zero attached hydrogens (tertiary/aromatic N) is 2. The van der Waals surface area contributed by atoms with Gasteiger partial charge in [0.15, 0.2) is 5.58 Å². The Hall–Kier alpha value is -2.62. The van der Waals surface area contributed by atoms with Gasteiger partial charge in [-0.2, -0.15) is 0 Å². The average molecular weight is 235 g/mol. The van der Waals surface area contributed by atoms with Crippen LogP contribution < -0.4 is 0 Å². The van der Waals surface area contributed by atoms with Crippen LogP contribution in [0.15, 0.2) is 53.1 Å². The van der Waals surface area contributed by atoms with E-state index in [4.69, 9.17) is 4.52 Å². The van der Waals surface area contributed by atoms with Crippen LogP contribution in [-0.4, -0.2) is 15.4 Å². The van der Waals surface area contributed by atoms with E-state index in [0.29, 0.717) is 5.58 Å². The molecule has 2 aromatic heterocycles. The minimum absolute atomic E-state index is 0.700. The first-order valence-electron chi connectivity index (χ1n) is 5.71. The molecule has 86 valence electrons. The van der Waals surface area contributed by atoms with Crippen molar-refractivity contribution in [3.63, 3.8) is 0 Å². The van der Waals surface area contributed by atoms with E-state index >= 15 is 0 Å². The number of para-hydroxylation sites is 1. The minimum atomic E-state index is 0.700. The molecular weight excluding hydrogens is 226 g/mol. The van der Waals surface area contributed by atoms with Crippen LogP contribution in [0.2, 0.25) is 0 Å². The van der Waals surface area contributed by atoms with E-state index in [1.165, 1.54) is 5.39 Å². The molecule has 4 heteroatoms. The number of H-pyrrole nitrogens is 1. The van der Waals surface area contributed by atoms with Crippen LogP contribution in [0.3, 0.4) is 0 Å². The molecule has 0 amide bonds. The molecule has 0 bridgehead atoms. The lowest BCUT2D eigenvalue weighted by atomic mass is 10.1. The first-order valence-corrected chi connectivity index (χ1v) is 5.71. The maximum atomic E-state index is 5.08. The van der Waals surface area contributed by atoms with E-state index in [2.05, 4.69) is 33.6 Å². The fraction of sp³-hybridized carbons (Fsp3) is 0. The molecule has 4 nitrogen and oxygen atoms in total. The minimum Gasteiger partial charge on any atom is -0.354 e. The van der Waals surface area contributed by atoms with Crippen molar-refractivity contribution in [3.8, 4) is 11.3 Å². The number of rotatable bonds is 1. The Morgan fingerprint density at radius 1 is 1.00 bits per heavy atom. The summed E-state index contributed by atoms with van der Waals surface area (Å²) >= 11 is 0. The zero-order valence-electron chi connectivity index (χ0n) is 9.42. The predicted octanol–water partition coefficient (Wildman–Crippen LogP) is 3.37. The second kappa shape index (κ2) is 3.43. The van der Waals surface area contributed by atoms with Gasteiger partial charge in [0.1, 0.15) is 5.52 Å². The van der Waals surface area contributed by atoms with Crippen molar-refractivity contribution in [2.24, 2.45) is 0 Å². The summed E-state index contributed by atoms with van der Waals surface area (Å²) in [6, 6.07) is 16.1. The second-order valence-corrected chi connectivity index (χ2v) is 4.20. The molecule has 0 aliphatic carbocycles. The van der Waals surface area contributed by atoms with Gasteiger partial charge in [0.05, 0.1) is 0 Å². The number of benzene rings is 2. The van der Waals surface area contributed by atoms with Crippen LogP contribution in [0.4, 0.5) is 0 Å². The van der Waals surface area contributed by atoms with Gasteiger partial charge in [-0.1, -0.05) is 30.3 Å². The van der Waals surface area contributed by atoms with E-state index in [1.54, 1.807) is 0 Å². The molecule has 4 rings (SSSR count). The fourth-order valence-corrected chi connectivity index (χ4v) is 2.24. The molecule has 0 radical (unpaired) electrons. The molecule has 1 N–H and O–H groups in total. The average Bonchev–Trinajstić information content (AvgIpc) is 3.04. The highest BCUT2D eigenvalue weighted by Gasteiger charge is 2.10. The number of nitrogens with one attached hydrogen (secondary N) is 1. The van der Waals surface area contributed by atoms with E-state index in [9.17, 15) is 0 Å². The lowest BCUT2D eigenvalue weighted by molar-refractivity contribution is 0.424. The summed E-state index contributed by atoms with van der Waals surface area (Å²) in [5.41, 5.74) is 4.62. The zero-order valence-corrected chi connectivity index (χ0v) is 9.42. The van der Waals surface area contributed by atoms with Gasteiger partial charge in [-0.3, -0.25) is 0 Å². The molecule has 0 saturated heterocycles. The summed E-state index contributed by atoms with van der Waals surface area (Å²) in [6.45, 7) is 0. The molecule has 0 saturated carbocycles. The number of aromatic amines is 1. The first-order chi connectivity index (χ1) is 8.92. The van der Waals surface area contributed by atoms with Gasteiger partial charge in [0.2, 0.25) is 0 Å². The third-order valence-corrected chi connectivity index (χ3v) is 3.10. The van der Waals surface area contributed by atoms with Gasteiger partial charge in [-0.05, 0) is 18.2 Å². The van der Waals surface area contributed by atoms with E-state index in [0.717, 1.165) is 22.3 Å². The van der Waals surface area contributed by atoms with Crippen LogP contribution in [0.1, 0.15) is 0 Å². The molecule has 0 spiro atoms. The Morgan fingerprint density at radius 3 is 2.89 bits per heavy atom. The van der Waals surface area contributed by atoms with Crippen molar-refractivity contribution in [2.75, 3.05) is 0 Å². The Kier molecular flexibility index (Phi) is 1.80. The highest BCUT2D eigenvalue weighted by Crippen LogP contribution is 2.28.